The summed E-state index contributed by atoms with van der Waals surface area (Å²) in [7, 11) is 0. The lowest BCUT2D eigenvalue weighted by molar-refractivity contribution is -0.133. The van der Waals surface area contributed by atoms with E-state index in [1.165, 1.54) is 6.92 Å². The second-order valence-corrected chi connectivity index (χ2v) is 8.55. The number of carbonyl (C=O) groups is 2. The van der Waals surface area contributed by atoms with Gasteiger partial charge in [-0.2, -0.15) is 0 Å². The van der Waals surface area contributed by atoms with Crippen molar-refractivity contribution in [3.63, 3.8) is 0 Å². The van der Waals surface area contributed by atoms with Crippen LogP contribution < -0.4 is 10.6 Å². The fraction of sp³-hybridized carbons (Fsp3) is 0.261. The Morgan fingerprint density at radius 3 is 2.20 bits per heavy atom. The zero-order valence-corrected chi connectivity index (χ0v) is 18.5. The van der Waals surface area contributed by atoms with Crippen LogP contribution in [0.5, 0.6) is 0 Å². The van der Waals surface area contributed by atoms with Gasteiger partial charge < -0.3 is 10.4 Å². The van der Waals surface area contributed by atoms with E-state index in [0.717, 1.165) is 33.7 Å². The van der Waals surface area contributed by atoms with Gasteiger partial charge in [0.1, 0.15) is 4.88 Å². The van der Waals surface area contributed by atoms with E-state index in [1.807, 2.05) is 39.0 Å². The maximum atomic E-state index is 12.8. The molecule has 156 valence electrons. The molecule has 6 nitrogen and oxygen atoms in total. The quantitative estimate of drug-likeness (QED) is 0.564. The summed E-state index contributed by atoms with van der Waals surface area (Å²) in [5.74, 6) is -0.894. The summed E-state index contributed by atoms with van der Waals surface area (Å²) in [5.41, 5.74) is 3.13. The van der Waals surface area contributed by atoms with Crippen molar-refractivity contribution in [3.05, 3.63) is 75.3 Å². The van der Waals surface area contributed by atoms with Crippen LogP contribution in [-0.4, -0.2) is 21.9 Å². The van der Waals surface area contributed by atoms with Crippen molar-refractivity contribution >= 4 is 34.0 Å². The average Bonchev–Trinajstić information content (AvgIpc) is 3.05. The highest BCUT2D eigenvalue weighted by molar-refractivity contribution is 7.17. The topological polar surface area (TPSA) is 91.3 Å². The van der Waals surface area contributed by atoms with Crippen LogP contribution in [0, 0.1) is 27.7 Å². The standard InChI is InChI=1S/C23H25N3O3S/c1-13-11-14(2)18(15(3)12-13)25-20(27)19-16(4)24-22(30-19)26-21(28)23(5,29)17-9-7-6-8-10-17/h6-12,29H,1-5H3,(H,25,27)(H,24,26,28). The Hall–Kier alpha value is -3.03. The summed E-state index contributed by atoms with van der Waals surface area (Å²) < 4.78 is 0. The van der Waals surface area contributed by atoms with E-state index >= 15 is 0 Å². The van der Waals surface area contributed by atoms with Gasteiger partial charge in [0.15, 0.2) is 10.7 Å². The van der Waals surface area contributed by atoms with Crippen LogP contribution in [0.3, 0.4) is 0 Å². The summed E-state index contributed by atoms with van der Waals surface area (Å²) in [6, 6.07) is 12.7. The second-order valence-electron chi connectivity index (χ2n) is 7.55. The highest BCUT2D eigenvalue weighted by Gasteiger charge is 2.33. The van der Waals surface area contributed by atoms with Crippen molar-refractivity contribution in [1.29, 1.82) is 0 Å². The number of thiazole rings is 1. The summed E-state index contributed by atoms with van der Waals surface area (Å²) in [4.78, 5) is 30.2. The number of amides is 2. The lowest BCUT2D eigenvalue weighted by atomic mass is 9.95. The molecular formula is C23H25N3O3S. The fourth-order valence-electron chi connectivity index (χ4n) is 3.32. The Kier molecular flexibility index (Phi) is 6.05. The predicted octanol–water partition coefficient (Wildman–Crippen LogP) is 4.48. The van der Waals surface area contributed by atoms with Gasteiger partial charge in [-0.3, -0.25) is 14.9 Å². The minimum Gasteiger partial charge on any atom is -0.376 e. The molecule has 0 aliphatic heterocycles. The van der Waals surface area contributed by atoms with Crippen molar-refractivity contribution in [2.45, 2.75) is 40.2 Å². The van der Waals surface area contributed by atoms with Crippen LogP contribution in [0.2, 0.25) is 0 Å². The number of carbonyl (C=O) groups excluding carboxylic acids is 2. The van der Waals surface area contributed by atoms with E-state index in [2.05, 4.69) is 15.6 Å². The second kappa shape index (κ2) is 8.38. The maximum absolute atomic E-state index is 12.8. The van der Waals surface area contributed by atoms with Crippen molar-refractivity contribution in [1.82, 2.24) is 4.98 Å². The van der Waals surface area contributed by atoms with Crippen molar-refractivity contribution < 1.29 is 14.7 Å². The lowest BCUT2D eigenvalue weighted by Crippen LogP contribution is -2.37. The van der Waals surface area contributed by atoms with Gasteiger partial charge in [-0.25, -0.2) is 4.98 Å². The van der Waals surface area contributed by atoms with E-state index in [0.29, 0.717) is 16.1 Å². The summed E-state index contributed by atoms with van der Waals surface area (Å²) >= 11 is 1.08. The third-order valence-corrected chi connectivity index (χ3v) is 5.99. The Bertz CT molecular complexity index is 1080. The lowest BCUT2D eigenvalue weighted by Gasteiger charge is -2.21. The highest BCUT2D eigenvalue weighted by atomic mass is 32.1. The molecule has 0 aliphatic rings. The van der Waals surface area contributed by atoms with Crippen LogP contribution in [-0.2, 0) is 10.4 Å². The molecule has 0 aliphatic carbocycles. The molecule has 0 saturated heterocycles. The van der Waals surface area contributed by atoms with E-state index in [9.17, 15) is 14.7 Å². The molecule has 3 N–H and O–H groups in total. The molecule has 0 radical (unpaired) electrons. The summed E-state index contributed by atoms with van der Waals surface area (Å²) in [5, 5.41) is 16.5. The Balaban J connectivity index is 1.79. The van der Waals surface area contributed by atoms with E-state index < -0.39 is 11.5 Å². The first-order valence-electron chi connectivity index (χ1n) is 9.55. The highest BCUT2D eigenvalue weighted by Crippen LogP contribution is 2.28. The minimum atomic E-state index is -1.72. The minimum absolute atomic E-state index is 0.260. The van der Waals surface area contributed by atoms with Gasteiger partial charge in [0, 0.05) is 5.69 Å². The molecule has 1 heterocycles. The molecular weight excluding hydrogens is 398 g/mol. The molecule has 30 heavy (non-hydrogen) atoms. The van der Waals surface area contributed by atoms with Crippen LogP contribution in [0.25, 0.3) is 0 Å². The summed E-state index contributed by atoms with van der Waals surface area (Å²) in [6.45, 7) is 9.05. The number of benzene rings is 2. The molecule has 0 fully saturated rings. The van der Waals surface area contributed by atoms with Gasteiger partial charge in [-0.15, -0.1) is 0 Å². The third kappa shape index (κ3) is 4.42. The number of nitrogens with one attached hydrogen (secondary N) is 2. The first-order chi connectivity index (χ1) is 14.1. The number of nitrogens with zero attached hydrogens (tertiary/aromatic N) is 1. The molecule has 1 unspecified atom stereocenters. The summed E-state index contributed by atoms with van der Waals surface area (Å²) in [6.07, 6.45) is 0. The van der Waals surface area contributed by atoms with E-state index in [1.54, 1.807) is 31.2 Å². The van der Waals surface area contributed by atoms with Gasteiger partial charge in [0.05, 0.1) is 5.69 Å². The number of anilines is 2. The SMILES string of the molecule is Cc1cc(C)c(NC(=O)c2sc(NC(=O)C(C)(O)c3ccccc3)nc2C)c(C)c1. The van der Waals surface area contributed by atoms with Crippen LogP contribution in [0.15, 0.2) is 42.5 Å². The van der Waals surface area contributed by atoms with Gasteiger partial charge in [0.2, 0.25) is 0 Å². The van der Waals surface area contributed by atoms with E-state index in [-0.39, 0.29) is 11.0 Å². The van der Waals surface area contributed by atoms with Gasteiger partial charge in [0.25, 0.3) is 11.8 Å². The van der Waals surface area contributed by atoms with Crippen LogP contribution in [0.1, 0.15) is 44.5 Å². The molecule has 2 aromatic carbocycles. The van der Waals surface area contributed by atoms with Gasteiger partial charge >= 0.3 is 0 Å². The van der Waals surface area contributed by atoms with Crippen LogP contribution >= 0.6 is 11.3 Å². The smallest absolute Gasteiger partial charge is 0.267 e. The number of hydrogen-bond donors (Lipinski definition) is 3. The first-order valence-corrected chi connectivity index (χ1v) is 10.4. The molecule has 1 aromatic heterocycles. The number of rotatable bonds is 5. The Morgan fingerprint density at radius 1 is 1.00 bits per heavy atom. The molecule has 0 spiro atoms. The largest absolute Gasteiger partial charge is 0.376 e. The maximum Gasteiger partial charge on any atom is 0.267 e. The molecule has 0 saturated carbocycles. The predicted molar refractivity (Wildman–Crippen MR) is 120 cm³/mol. The molecule has 1 atom stereocenters. The van der Waals surface area contributed by atoms with Crippen molar-refractivity contribution in [3.8, 4) is 0 Å². The zero-order valence-electron chi connectivity index (χ0n) is 17.7. The molecule has 7 heteroatoms. The number of aromatic nitrogens is 1. The Labute approximate surface area is 180 Å². The van der Waals surface area contributed by atoms with Gasteiger partial charge in [-0.05, 0) is 51.3 Å². The monoisotopic (exact) mass is 423 g/mol. The number of hydrogen-bond acceptors (Lipinski definition) is 5. The molecule has 3 rings (SSSR count). The zero-order chi connectivity index (χ0) is 22.1. The fourth-order valence-corrected chi connectivity index (χ4v) is 4.18. The average molecular weight is 424 g/mol. The number of aryl methyl sites for hydroxylation is 4. The van der Waals surface area contributed by atoms with Gasteiger partial charge in [-0.1, -0.05) is 59.4 Å². The van der Waals surface area contributed by atoms with Crippen LogP contribution in [0.4, 0.5) is 10.8 Å². The molecule has 2 amide bonds. The number of aliphatic hydroxyl groups is 1. The van der Waals surface area contributed by atoms with Crippen molar-refractivity contribution in [2.24, 2.45) is 0 Å². The normalized spacial score (nSPS) is 12.9. The molecule has 3 aromatic rings. The third-order valence-electron chi connectivity index (χ3n) is 4.92. The first kappa shape index (κ1) is 21.7. The Morgan fingerprint density at radius 2 is 1.60 bits per heavy atom. The molecule has 0 bridgehead atoms. The van der Waals surface area contributed by atoms with Crippen molar-refractivity contribution in [2.75, 3.05) is 10.6 Å². The van der Waals surface area contributed by atoms with E-state index in [4.69, 9.17) is 0 Å².